The molecule has 0 aliphatic carbocycles. The van der Waals surface area contributed by atoms with Gasteiger partial charge in [0.25, 0.3) is 0 Å². The molecule has 0 radical (unpaired) electrons. The second-order valence-electron chi connectivity index (χ2n) is 6.36. The third kappa shape index (κ3) is 3.57. The molecule has 3 rings (SSSR count). The maximum Gasteiger partial charge on any atom is 0.336 e. The molecule has 5 nitrogen and oxygen atoms in total. The van der Waals surface area contributed by atoms with Crippen molar-refractivity contribution >= 4 is 11.0 Å². The molecule has 1 fully saturated rings. The smallest absolute Gasteiger partial charge is 0.336 e. The summed E-state index contributed by atoms with van der Waals surface area (Å²) in [5.41, 5.74) is 1.59. The highest BCUT2D eigenvalue weighted by atomic mass is 16.5. The highest BCUT2D eigenvalue weighted by molar-refractivity contribution is 5.84. The van der Waals surface area contributed by atoms with Crippen LogP contribution in [0, 0.1) is 6.92 Å². The number of rotatable bonds is 4. The molecule has 0 bridgehead atoms. The van der Waals surface area contributed by atoms with Gasteiger partial charge in [-0.15, -0.1) is 0 Å². The standard InChI is InChI=1S/C18H23NO4/c1-12-16(20)7-6-15-13(9-17(21)23-18(12)15)10-19(2)11-14-5-3-4-8-22-14/h6-7,9,14,20H,3-5,8,10-11H2,1-2H3/t14-/m0/s1. The lowest BCUT2D eigenvalue weighted by Crippen LogP contribution is -2.33. The summed E-state index contributed by atoms with van der Waals surface area (Å²) in [5.74, 6) is 0.141. The maximum atomic E-state index is 11.8. The van der Waals surface area contributed by atoms with Gasteiger partial charge in [-0.3, -0.25) is 4.90 Å². The van der Waals surface area contributed by atoms with Gasteiger partial charge in [0.05, 0.1) is 6.10 Å². The minimum Gasteiger partial charge on any atom is -0.508 e. The van der Waals surface area contributed by atoms with Gasteiger partial charge in [0.15, 0.2) is 0 Å². The van der Waals surface area contributed by atoms with Crippen LogP contribution in [0.15, 0.2) is 27.4 Å². The van der Waals surface area contributed by atoms with Gasteiger partial charge in [-0.2, -0.15) is 0 Å². The van der Waals surface area contributed by atoms with Gasteiger partial charge >= 0.3 is 5.63 Å². The molecule has 2 heterocycles. The molecule has 1 aromatic heterocycles. The molecule has 1 aliphatic rings. The van der Waals surface area contributed by atoms with Gasteiger partial charge in [0, 0.05) is 36.7 Å². The molecular formula is C18H23NO4. The summed E-state index contributed by atoms with van der Waals surface area (Å²) in [7, 11) is 2.03. The van der Waals surface area contributed by atoms with Gasteiger partial charge in [0.2, 0.25) is 0 Å². The van der Waals surface area contributed by atoms with E-state index in [2.05, 4.69) is 4.90 Å². The van der Waals surface area contributed by atoms with Crippen molar-refractivity contribution in [2.45, 2.75) is 38.8 Å². The molecule has 0 amide bonds. The number of phenols is 1. The molecule has 5 heteroatoms. The first-order valence-electron chi connectivity index (χ1n) is 8.10. The fourth-order valence-corrected chi connectivity index (χ4v) is 3.20. The highest BCUT2D eigenvalue weighted by Gasteiger charge is 2.17. The van der Waals surface area contributed by atoms with Crippen molar-refractivity contribution in [3.63, 3.8) is 0 Å². The van der Waals surface area contributed by atoms with E-state index in [1.54, 1.807) is 19.1 Å². The largest absolute Gasteiger partial charge is 0.508 e. The summed E-state index contributed by atoms with van der Waals surface area (Å²) in [6, 6.07) is 4.99. The number of hydrogen-bond donors (Lipinski definition) is 1. The molecule has 1 N–H and O–H groups in total. The summed E-state index contributed by atoms with van der Waals surface area (Å²) in [5, 5.41) is 10.7. The van der Waals surface area contributed by atoms with Crippen LogP contribution in [0.4, 0.5) is 0 Å². The predicted octanol–water partition coefficient (Wildman–Crippen LogP) is 2.81. The van der Waals surface area contributed by atoms with Crippen molar-refractivity contribution < 1.29 is 14.3 Å². The van der Waals surface area contributed by atoms with E-state index < -0.39 is 0 Å². The monoisotopic (exact) mass is 317 g/mol. The second-order valence-corrected chi connectivity index (χ2v) is 6.36. The van der Waals surface area contributed by atoms with Crippen molar-refractivity contribution in [3.8, 4) is 5.75 Å². The van der Waals surface area contributed by atoms with Gasteiger partial charge < -0.3 is 14.3 Å². The molecule has 1 atom stereocenters. The summed E-state index contributed by atoms with van der Waals surface area (Å²) >= 11 is 0. The van der Waals surface area contributed by atoms with Crippen LogP contribution < -0.4 is 5.63 Å². The van der Waals surface area contributed by atoms with Crippen molar-refractivity contribution in [1.29, 1.82) is 0 Å². The molecular weight excluding hydrogens is 294 g/mol. The molecule has 1 saturated heterocycles. The topological polar surface area (TPSA) is 62.9 Å². The van der Waals surface area contributed by atoms with E-state index in [0.29, 0.717) is 17.7 Å². The predicted molar refractivity (Wildman–Crippen MR) is 88.8 cm³/mol. The lowest BCUT2D eigenvalue weighted by molar-refractivity contribution is -0.00255. The fourth-order valence-electron chi connectivity index (χ4n) is 3.20. The fraction of sp³-hybridized carbons (Fsp3) is 0.500. The van der Waals surface area contributed by atoms with Crippen LogP contribution >= 0.6 is 0 Å². The molecule has 1 aromatic carbocycles. The van der Waals surface area contributed by atoms with E-state index in [-0.39, 0.29) is 17.5 Å². The Bertz CT molecular complexity index is 747. The number of ether oxygens (including phenoxy) is 1. The first-order chi connectivity index (χ1) is 11.0. The lowest BCUT2D eigenvalue weighted by atomic mass is 10.1. The Balaban J connectivity index is 1.84. The average Bonchev–Trinajstić information content (AvgIpc) is 2.52. The number of aryl methyl sites for hydroxylation is 1. The molecule has 2 aromatic rings. The molecule has 0 unspecified atom stereocenters. The zero-order chi connectivity index (χ0) is 16.4. The van der Waals surface area contributed by atoms with Crippen LogP contribution in [0.1, 0.15) is 30.4 Å². The summed E-state index contributed by atoms with van der Waals surface area (Å²) in [4.78, 5) is 14.0. The Kier molecular flexibility index (Phi) is 4.68. The Morgan fingerprint density at radius 2 is 2.17 bits per heavy atom. The number of benzene rings is 1. The number of fused-ring (bicyclic) bond motifs is 1. The van der Waals surface area contributed by atoms with Gasteiger partial charge in [-0.1, -0.05) is 0 Å². The van der Waals surface area contributed by atoms with E-state index in [4.69, 9.17) is 9.15 Å². The van der Waals surface area contributed by atoms with Crippen LogP contribution in [0.25, 0.3) is 11.0 Å². The van der Waals surface area contributed by atoms with Crippen LogP contribution in [0.2, 0.25) is 0 Å². The maximum absolute atomic E-state index is 11.8. The van der Waals surface area contributed by atoms with Gasteiger partial charge in [-0.05, 0) is 50.9 Å². The normalized spacial score (nSPS) is 18.7. The second kappa shape index (κ2) is 6.72. The first kappa shape index (κ1) is 16.0. The van der Waals surface area contributed by atoms with Crippen molar-refractivity contribution in [2.24, 2.45) is 0 Å². The molecule has 1 aliphatic heterocycles. The summed E-state index contributed by atoms with van der Waals surface area (Å²) in [6.45, 7) is 4.09. The number of aromatic hydroxyl groups is 1. The molecule has 23 heavy (non-hydrogen) atoms. The number of nitrogens with zero attached hydrogens (tertiary/aromatic N) is 1. The van der Waals surface area contributed by atoms with E-state index in [0.717, 1.165) is 36.9 Å². The SMILES string of the molecule is Cc1c(O)ccc2c(CN(C)C[C@@H]3CCCCO3)cc(=O)oc12. The van der Waals surface area contributed by atoms with Crippen LogP contribution in [0.5, 0.6) is 5.75 Å². The third-order valence-corrected chi connectivity index (χ3v) is 4.45. The van der Waals surface area contributed by atoms with Crippen LogP contribution in [-0.4, -0.2) is 36.3 Å². The molecule has 0 spiro atoms. The van der Waals surface area contributed by atoms with Crippen molar-refractivity contribution in [2.75, 3.05) is 20.2 Å². The number of phenolic OH excluding ortho intramolecular Hbond substituents is 1. The average molecular weight is 317 g/mol. The van der Waals surface area contributed by atoms with Gasteiger partial charge in [-0.25, -0.2) is 4.79 Å². The number of likely N-dealkylation sites (N-methyl/N-ethyl adjacent to an activating group) is 1. The quantitative estimate of drug-likeness (QED) is 0.879. The first-order valence-corrected chi connectivity index (χ1v) is 8.10. The van der Waals surface area contributed by atoms with E-state index >= 15 is 0 Å². The summed E-state index contributed by atoms with van der Waals surface area (Å²) in [6.07, 6.45) is 3.72. The Hall–Kier alpha value is -1.85. The number of hydrogen-bond acceptors (Lipinski definition) is 5. The Labute approximate surface area is 135 Å². The minimum absolute atomic E-state index is 0.141. The van der Waals surface area contributed by atoms with Crippen molar-refractivity contribution in [3.05, 3.63) is 39.7 Å². The summed E-state index contributed by atoms with van der Waals surface area (Å²) < 4.78 is 11.1. The van der Waals surface area contributed by atoms with Crippen LogP contribution in [0.3, 0.4) is 0 Å². The third-order valence-electron chi connectivity index (χ3n) is 4.45. The van der Waals surface area contributed by atoms with Gasteiger partial charge in [0.1, 0.15) is 11.3 Å². The minimum atomic E-state index is -0.386. The van der Waals surface area contributed by atoms with E-state index in [1.165, 1.54) is 12.5 Å². The van der Waals surface area contributed by atoms with Crippen molar-refractivity contribution in [1.82, 2.24) is 4.90 Å². The zero-order valence-electron chi connectivity index (χ0n) is 13.7. The Morgan fingerprint density at radius 1 is 1.35 bits per heavy atom. The Morgan fingerprint density at radius 3 is 2.91 bits per heavy atom. The highest BCUT2D eigenvalue weighted by Crippen LogP contribution is 2.28. The van der Waals surface area contributed by atoms with Crippen LogP contribution in [-0.2, 0) is 11.3 Å². The lowest BCUT2D eigenvalue weighted by Gasteiger charge is -2.27. The molecule has 124 valence electrons. The van der Waals surface area contributed by atoms with E-state index in [9.17, 15) is 9.90 Å². The van der Waals surface area contributed by atoms with E-state index in [1.807, 2.05) is 7.05 Å². The zero-order valence-corrected chi connectivity index (χ0v) is 13.7. The molecule has 0 saturated carbocycles.